The normalized spacial score (nSPS) is 11.4. The number of benzene rings is 2. The maximum Gasteiger partial charge on any atom is 0.307 e. The molecule has 2 aromatic heterocycles. The summed E-state index contributed by atoms with van der Waals surface area (Å²) in [5.41, 5.74) is 6.78. The second-order valence-electron chi connectivity index (χ2n) is 6.49. The van der Waals surface area contributed by atoms with Gasteiger partial charge in [0, 0.05) is 28.0 Å². The largest absolute Gasteiger partial charge is 0.451 e. The molecule has 0 unspecified atom stereocenters. The van der Waals surface area contributed by atoms with Crippen molar-refractivity contribution in [3.05, 3.63) is 89.2 Å². The number of aryl methyl sites for hydroxylation is 1. The van der Waals surface area contributed by atoms with E-state index >= 15 is 0 Å². The first-order valence-electron chi connectivity index (χ1n) is 8.80. The molecular weight excluding hydrogens is 357 g/mol. The molecule has 0 saturated heterocycles. The molecular formula is C22H18FN3O2. The summed E-state index contributed by atoms with van der Waals surface area (Å²) in [5.74, 6) is -0.490. The van der Waals surface area contributed by atoms with Gasteiger partial charge in [0.1, 0.15) is 11.4 Å². The SMILES string of the molecule is Cc1cc(/C=N/NC(=O)c2cc3ccccc3o2)c(C)n1-c1ccc(F)cc1. The van der Waals surface area contributed by atoms with Gasteiger partial charge in [-0.05, 0) is 56.3 Å². The summed E-state index contributed by atoms with van der Waals surface area (Å²) in [7, 11) is 0. The van der Waals surface area contributed by atoms with Crippen molar-refractivity contribution in [2.24, 2.45) is 5.10 Å². The van der Waals surface area contributed by atoms with Crippen LogP contribution in [-0.2, 0) is 0 Å². The van der Waals surface area contributed by atoms with Crippen LogP contribution < -0.4 is 5.43 Å². The highest BCUT2D eigenvalue weighted by Crippen LogP contribution is 2.20. The summed E-state index contributed by atoms with van der Waals surface area (Å²) in [6.45, 7) is 3.90. The van der Waals surface area contributed by atoms with Crippen LogP contribution in [0.1, 0.15) is 27.5 Å². The fourth-order valence-corrected chi connectivity index (χ4v) is 3.22. The zero-order valence-corrected chi connectivity index (χ0v) is 15.4. The lowest BCUT2D eigenvalue weighted by atomic mass is 10.2. The number of carbonyl (C=O) groups excluding carboxylic acids is 1. The van der Waals surface area contributed by atoms with Crippen LogP contribution in [-0.4, -0.2) is 16.7 Å². The fourth-order valence-electron chi connectivity index (χ4n) is 3.22. The third-order valence-electron chi connectivity index (χ3n) is 4.57. The lowest BCUT2D eigenvalue weighted by Gasteiger charge is -2.09. The molecule has 0 aliphatic carbocycles. The Morgan fingerprint density at radius 2 is 1.86 bits per heavy atom. The molecule has 0 saturated carbocycles. The van der Waals surface area contributed by atoms with Gasteiger partial charge in [-0.1, -0.05) is 18.2 Å². The third-order valence-corrected chi connectivity index (χ3v) is 4.57. The molecule has 5 nitrogen and oxygen atoms in total. The third kappa shape index (κ3) is 3.32. The average molecular weight is 375 g/mol. The number of halogens is 1. The second-order valence-corrected chi connectivity index (χ2v) is 6.49. The first kappa shape index (κ1) is 17.7. The van der Waals surface area contributed by atoms with E-state index in [4.69, 9.17) is 4.42 Å². The van der Waals surface area contributed by atoms with Crippen molar-refractivity contribution in [3.8, 4) is 5.69 Å². The number of para-hydroxylation sites is 1. The Hall–Kier alpha value is -3.67. The number of amides is 1. The summed E-state index contributed by atoms with van der Waals surface area (Å²) < 4.78 is 20.7. The topological polar surface area (TPSA) is 59.5 Å². The Bertz CT molecular complexity index is 1150. The molecule has 2 heterocycles. The van der Waals surface area contributed by atoms with E-state index in [2.05, 4.69) is 10.5 Å². The summed E-state index contributed by atoms with van der Waals surface area (Å²) >= 11 is 0. The van der Waals surface area contributed by atoms with Gasteiger partial charge in [-0.25, -0.2) is 9.82 Å². The number of rotatable bonds is 4. The number of nitrogens with zero attached hydrogens (tertiary/aromatic N) is 2. The molecule has 0 fully saturated rings. The molecule has 2 aromatic carbocycles. The first-order valence-corrected chi connectivity index (χ1v) is 8.80. The minimum absolute atomic E-state index is 0.204. The Balaban J connectivity index is 1.52. The van der Waals surface area contributed by atoms with Crippen LogP contribution in [0.15, 0.2) is 70.2 Å². The number of furan rings is 1. The van der Waals surface area contributed by atoms with Crippen molar-refractivity contribution in [1.29, 1.82) is 0 Å². The van der Waals surface area contributed by atoms with Gasteiger partial charge in [0.2, 0.25) is 0 Å². The lowest BCUT2D eigenvalue weighted by Crippen LogP contribution is -2.16. The van der Waals surface area contributed by atoms with Gasteiger partial charge in [0.05, 0.1) is 6.21 Å². The number of hydrogen-bond acceptors (Lipinski definition) is 3. The quantitative estimate of drug-likeness (QED) is 0.414. The predicted octanol–water partition coefficient (Wildman–Crippen LogP) is 4.74. The van der Waals surface area contributed by atoms with Gasteiger partial charge in [-0.2, -0.15) is 5.10 Å². The van der Waals surface area contributed by atoms with Crippen molar-refractivity contribution in [1.82, 2.24) is 9.99 Å². The molecule has 0 bridgehead atoms. The van der Waals surface area contributed by atoms with Gasteiger partial charge >= 0.3 is 5.91 Å². The van der Waals surface area contributed by atoms with Crippen molar-refractivity contribution in [3.63, 3.8) is 0 Å². The van der Waals surface area contributed by atoms with E-state index < -0.39 is 5.91 Å². The minimum Gasteiger partial charge on any atom is -0.451 e. The molecule has 0 aliphatic heterocycles. The van der Waals surface area contributed by atoms with Crippen LogP contribution in [0.4, 0.5) is 4.39 Å². The van der Waals surface area contributed by atoms with E-state index in [0.29, 0.717) is 5.58 Å². The highest BCUT2D eigenvalue weighted by Gasteiger charge is 2.12. The van der Waals surface area contributed by atoms with Crippen LogP contribution >= 0.6 is 0 Å². The zero-order valence-electron chi connectivity index (χ0n) is 15.4. The van der Waals surface area contributed by atoms with Crippen molar-refractivity contribution in [2.45, 2.75) is 13.8 Å². The smallest absolute Gasteiger partial charge is 0.307 e. The van der Waals surface area contributed by atoms with Crippen LogP contribution in [0.5, 0.6) is 0 Å². The summed E-state index contributed by atoms with van der Waals surface area (Å²) in [6.07, 6.45) is 1.59. The Kier molecular flexibility index (Phi) is 4.53. The maximum absolute atomic E-state index is 13.2. The van der Waals surface area contributed by atoms with Gasteiger partial charge in [0.25, 0.3) is 0 Å². The van der Waals surface area contributed by atoms with Crippen LogP contribution in [0, 0.1) is 19.7 Å². The molecule has 1 N–H and O–H groups in total. The number of fused-ring (bicyclic) bond motifs is 1. The molecule has 0 spiro atoms. The van der Waals surface area contributed by atoms with Gasteiger partial charge in [-0.15, -0.1) is 0 Å². The summed E-state index contributed by atoms with van der Waals surface area (Å²) in [4.78, 5) is 12.3. The number of carbonyl (C=O) groups is 1. The Morgan fingerprint density at radius 3 is 2.61 bits per heavy atom. The second kappa shape index (κ2) is 7.15. The fraction of sp³-hybridized carbons (Fsp3) is 0.0909. The molecule has 4 rings (SSSR count). The Labute approximate surface area is 161 Å². The van der Waals surface area contributed by atoms with E-state index in [-0.39, 0.29) is 11.6 Å². The number of hydrazone groups is 1. The standard InChI is InChI=1S/C22H18FN3O2/c1-14-11-17(15(2)26(14)19-9-7-18(23)8-10-19)13-24-25-22(27)21-12-16-5-3-4-6-20(16)28-21/h3-13H,1-2H3,(H,25,27)/b24-13+. The number of aromatic nitrogens is 1. The molecule has 0 radical (unpaired) electrons. The van der Waals surface area contributed by atoms with Crippen molar-refractivity contribution in [2.75, 3.05) is 0 Å². The maximum atomic E-state index is 13.2. The number of nitrogens with one attached hydrogen (secondary N) is 1. The molecule has 0 aliphatic rings. The van der Waals surface area contributed by atoms with E-state index in [1.54, 1.807) is 30.5 Å². The van der Waals surface area contributed by atoms with E-state index in [0.717, 1.165) is 28.0 Å². The van der Waals surface area contributed by atoms with Crippen LogP contribution in [0.3, 0.4) is 0 Å². The van der Waals surface area contributed by atoms with Gasteiger partial charge in [0.15, 0.2) is 5.76 Å². The summed E-state index contributed by atoms with van der Waals surface area (Å²) in [6, 6.07) is 17.3. The molecule has 140 valence electrons. The molecule has 1 amide bonds. The highest BCUT2D eigenvalue weighted by molar-refractivity contribution is 5.96. The molecule has 6 heteroatoms. The molecule has 4 aromatic rings. The van der Waals surface area contributed by atoms with Crippen LogP contribution in [0.25, 0.3) is 16.7 Å². The van der Waals surface area contributed by atoms with Crippen molar-refractivity contribution >= 4 is 23.1 Å². The van der Waals surface area contributed by atoms with E-state index in [1.807, 2.05) is 42.7 Å². The lowest BCUT2D eigenvalue weighted by molar-refractivity contribution is 0.0929. The highest BCUT2D eigenvalue weighted by atomic mass is 19.1. The van der Waals surface area contributed by atoms with E-state index in [9.17, 15) is 9.18 Å². The van der Waals surface area contributed by atoms with Gasteiger partial charge in [-0.3, -0.25) is 4.79 Å². The van der Waals surface area contributed by atoms with Crippen molar-refractivity contribution < 1.29 is 13.6 Å². The van der Waals surface area contributed by atoms with Crippen LogP contribution in [0.2, 0.25) is 0 Å². The number of hydrogen-bond donors (Lipinski definition) is 1. The van der Waals surface area contributed by atoms with Gasteiger partial charge < -0.3 is 8.98 Å². The predicted molar refractivity (Wildman–Crippen MR) is 106 cm³/mol. The summed E-state index contributed by atoms with van der Waals surface area (Å²) in [5, 5.41) is 4.91. The average Bonchev–Trinajstić information content (AvgIpc) is 3.24. The Morgan fingerprint density at radius 1 is 1.11 bits per heavy atom. The molecule has 0 atom stereocenters. The monoisotopic (exact) mass is 375 g/mol. The van der Waals surface area contributed by atoms with E-state index in [1.165, 1.54) is 12.1 Å². The molecule has 28 heavy (non-hydrogen) atoms. The minimum atomic E-state index is -0.417. The first-order chi connectivity index (χ1) is 13.5. The zero-order chi connectivity index (χ0) is 19.7.